The molecule has 0 saturated heterocycles. The Morgan fingerprint density at radius 3 is 2.26 bits per heavy atom. The molecule has 1 fully saturated rings. The Labute approximate surface area is 205 Å². The van der Waals surface area contributed by atoms with Gasteiger partial charge in [-0.05, 0) is 48.4 Å². The number of methoxy groups -OCH3 is 1. The molecule has 8 nitrogen and oxygen atoms in total. The number of carboxylic acid groups (broad SMARTS) is 1. The first-order chi connectivity index (χ1) is 16.9. The van der Waals surface area contributed by atoms with Crippen LogP contribution in [0, 0.1) is 5.92 Å². The zero-order valence-corrected chi connectivity index (χ0v) is 20.0. The molecule has 186 valence electrons. The average Bonchev–Trinajstić information content (AvgIpc) is 3.19. The molecule has 0 heterocycles. The van der Waals surface area contributed by atoms with E-state index in [0.29, 0.717) is 19.3 Å². The van der Waals surface area contributed by atoms with E-state index in [-0.39, 0.29) is 18.6 Å². The van der Waals surface area contributed by atoms with Crippen molar-refractivity contribution in [1.82, 2.24) is 10.6 Å². The zero-order valence-electron chi connectivity index (χ0n) is 20.0. The van der Waals surface area contributed by atoms with Crippen molar-refractivity contribution in [2.24, 2.45) is 5.92 Å². The summed E-state index contributed by atoms with van der Waals surface area (Å²) in [5.41, 5.74) is 4.47. The van der Waals surface area contributed by atoms with Gasteiger partial charge in [-0.1, -0.05) is 55.0 Å². The lowest BCUT2D eigenvalue weighted by Gasteiger charge is -2.30. The first-order valence-electron chi connectivity index (χ1n) is 12.1. The SMILES string of the molecule is COC(C)C(NC(=O)OCC1c2ccccc2-c2ccccc21)C(=O)N[C@@H]1CCC[C@H](C(=O)O)C1. The molecule has 0 aromatic heterocycles. The number of hydrogen-bond donors (Lipinski definition) is 3. The Hall–Kier alpha value is -3.39. The van der Waals surface area contributed by atoms with Crippen molar-refractivity contribution in [2.75, 3.05) is 13.7 Å². The lowest BCUT2D eigenvalue weighted by molar-refractivity contribution is -0.143. The van der Waals surface area contributed by atoms with Crippen molar-refractivity contribution in [3.8, 4) is 11.1 Å². The molecule has 0 spiro atoms. The molecule has 2 aromatic rings. The van der Waals surface area contributed by atoms with Gasteiger partial charge in [0.1, 0.15) is 12.6 Å². The van der Waals surface area contributed by atoms with Crippen LogP contribution in [0.4, 0.5) is 4.79 Å². The molecule has 2 unspecified atom stereocenters. The van der Waals surface area contributed by atoms with Gasteiger partial charge < -0.3 is 25.2 Å². The van der Waals surface area contributed by atoms with Crippen molar-refractivity contribution in [1.29, 1.82) is 0 Å². The minimum atomic E-state index is -0.971. The molecule has 2 aliphatic rings. The Balaban J connectivity index is 1.39. The molecular weight excluding hydrogens is 448 g/mol. The normalized spacial score (nSPS) is 20.7. The largest absolute Gasteiger partial charge is 0.481 e. The number of alkyl carbamates (subject to hydrolysis) is 1. The van der Waals surface area contributed by atoms with E-state index in [1.807, 2.05) is 36.4 Å². The number of aliphatic carboxylic acids is 1. The van der Waals surface area contributed by atoms with E-state index >= 15 is 0 Å². The topological polar surface area (TPSA) is 114 Å². The Morgan fingerprint density at radius 2 is 1.66 bits per heavy atom. The molecule has 4 rings (SSSR count). The number of carboxylic acids is 1. The van der Waals surface area contributed by atoms with Crippen LogP contribution in [-0.4, -0.2) is 55.0 Å². The summed E-state index contributed by atoms with van der Waals surface area (Å²) in [6, 6.07) is 14.9. The second kappa shape index (κ2) is 10.9. The van der Waals surface area contributed by atoms with E-state index in [2.05, 4.69) is 22.8 Å². The smallest absolute Gasteiger partial charge is 0.407 e. The molecular formula is C27H32N2O6. The molecule has 2 aromatic carbocycles. The number of carbonyl (C=O) groups excluding carboxylic acids is 2. The van der Waals surface area contributed by atoms with Crippen LogP contribution in [0.25, 0.3) is 11.1 Å². The van der Waals surface area contributed by atoms with Crippen LogP contribution in [0.15, 0.2) is 48.5 Å². The fourth-order valence-electron chi connectivity index (χ4n) is 5.14. The third kappa shape index (κ3) is 5.48. The lowest BCUT2D eigenvalue weighted by Crippen LogP contribution is -2.55. The van der Waals surface area contributed by atoms with Crippen molar-refractivity contribution in [3.63, 3.8) is 0 Å². The van der Waals surface area contributed by atoms with Gasteiger partial charge in [0.2, 0.25) is 5.91 Å². The van der Waals surface area contributed by atoms with Crippen molar-refractivity contribution >= 4 is 18.0 Å². The highest BCUT2D eigenvalue weighted by molar-refractivity contribution is 5.86. The fourth-order valence-corrected chi connectivity index (χ4v) is 5.14. The van der Waals surface area contributed by atoms with Gasteiger partial charge in [-0.2, -0.15) is 0 Å². The van der Waals surface area contributed by atoms with Gasteiger partial charge in [-0.3, -0.25) is 9.59 Å². The van der Waals surface area contributed by atoms with Gasteiger partial charge in [0, 0.05) is 19.1 Å². The number of ether oxygens (including phenoxy) is 2. The van der Waals surface area contributed by atoms with E-state index < -0.39 is 36.0 Å². The van der Waals surface area contributed by atoms with Crippen molar-refractivity contribution in [2.45, 2.75) is 56.7 Å². The van der Waals surface area contributed by atoms with Crippen LogP contribution in [0.5, 0.6) is 0 Å². The molecule has 35 heavy (non-hydrogen) atoms. The van der Waals surface area contributed by atoms with Crippen LogP contribution < -0.4 is 10.6 Å². The number of hydrogen-bond acceptors (Lipinski definition) is 5. The Bertz CT molecular complexity index is 1040. The monoisotopic (exact) mass is 480 g/mol. The van der Waals surface area contributed by atoms with E-state index in [1.54, 1.807) is 6.92 Å². The minimum Gasteiger partial charge on any atom is -0.481 e. The number of carbonyl (C=O) groups is 3. The second-order valence-electron chi connectivity index (χ2n) is 9.30. The Morgan fingerprint density at radius 1 is 1.03 bits per heavy atom. The van der Waals surface area contributed by atoms with E-state index in [9.17, 15) is 19.5 Å². The fraction of sp³-hybridized carbons (Fsp3) is 0.444. The molecule has 3 N–H and O–H groups in total. The van der Waals surface area contributed by atoms with Gasteiger partial charge in [0.05, 0.1) is 12.0 Å². The van der Waals surface area contributed by atoms with Gasteiger partial charge >= 0.3 is 12.1 Å². The van der Waals surface area contributed by atoms with E-state index in [0.717, 1.165) is 28.7 Å². The predicted molar refractivity (Wildman–Crippen MR) is 130 cm³/mol. The van der Waals surface area contributed by atoms with Crippen molar-refractivity contribution < 1.29 is 29.0 Å². The summed E-state index contributed by atoms with van der Waals surface area (Å²) in [4.78, 5) is 37.1. The predicted octanol–water partition coefficient (Wildman–Crippen LogP) is 3.69. The summed E-state index contributed by atoms with van der Waals surface area (Å²) in [7, 11) is 1.46. The standard InChI is InChI=1S/C27H32N2O6/c1-16(34-2)24(25(30)28-18-9-7-8-17(14-18)26(31)32)29-27(33)35-15-23-21-12-5-3-10-19(21)20-11-4-6-13-22(20)23/h3-6,10-13,16-18,23-24H,7-9,14-15H2,1-2H3,(H,28,30)(H,29,33)(H,31,32)/t16?,17-,18+,24?/m0/s1. The number of fused-ring (bicyclic) bond motifs is 3. The lowest BCUT2D eigenvalue weighted by atomic mass is 9.85. The third-order valence-electron chi connectivity index (χ3n) is 7.11. The van der Waals surface area contributed by atoms with Crippen LogP contribution >= 0.6 is 0 Å². The van der Waals surface area contributed by atoms with Crippen LogP contribution in [0.2, 0.25) is 0 Å². The zero-order chi connectivity index (χ0) is 24.9. The van der Waals surface area contributed by atoms with Gasteiger partial charge in [-0.15, -0.1) is 0 Å². The molecule has 0 aliphatic heterocycles. The number of rotatable bonds is 8. The molecule has 8 heteroatoms. The molecule has 0 radical (unpaired) electrons. The average molecular weight is 481 g/mol. The summed E-state index contributed by atoms with van der Waals surface area (Å²) < 4.78 is 10.9. The molecule has 2 amide bonds. The van der Waals surface area contributed by atoms with E-state index in [4.69, 9.17) is 9.47 Å². The molecule has 4 atom stereocenters. The maximum Gasteiger partial charge on any atom is 0.407 e. The first kappa shape index (κ1) is 24.7. The summed E-state index contributed by atoms with van der Waals surface area (Å²) in [5.74, 6) is -1.82. The summed E-state index contributed by atoms with van der Waals surface area (Å²) in [6.45, 7) is 1.83. The minimum absolute atomic E-state index is 0.0875. The quantitative estimate of drug-likeness (QED) is 0.531. The highest BCUT2D eigenvalue weighted by Gasteiger charge is 2.34. The summed E-state index contributed by atoms with van der Waals surface area (Å²) >= 11 is 0. The van der Waals surface area contributed by atoms with Crippen LogP contribution in [0.1, 0.15) is 49.7 Å². The highest BCUT2D eigenvalue weighted by Crippen LogP contribution is 2.44. The molecule has 0 bridgehead atoms. The maximum absolute atomic E-state index is 13.0. The summed E-state index contributed by atoms with van der Waals surface area (Å²) in [6.07, 6.45) is 1.11. The third-order valence-corrected chi connectivity index (χ3v) is 7.11. The van der Waals surface area contributed by atoms with Crippen LogP contribution in [-0.2, 0) is 19.1 Å². The number of amides is 2. The van der Waals surface area contributed by atoms with Gasteiger partial charge in [0.25, 0.3) is 0 Å². The number of nitrogens with one attached hydrogen (secondary N) is 2. The molecule has 1 saturated carbocycles. The highest BCUT2D eigenvalue weighted by atomic mass is 16.5. The summed E-state index contributed by atoms with van der Waals surface area (Å²) in [5, 5.41) is 14.9. The van der Waals surface area contributed by atoms with Gasteiger partial charge in [0.15, 0.2) is 0 Å². The van der Waals surface area contributed by atoms with Gasteiger partial charge in [-0.25, -0.2) is 4.79 Å². The van der Waals surface area contributed by atoms with Crippen molar-refractivity contribution in [3.05, 3.63) is 59.7 Å². The second-order valence-corrected chi connectivity index (χ2v) is 9.30. The molecule has 2 aliphatic carbocycles. The Kier molecular flexibility index (Phi) is 7.70. The maximum atomic E-state index is 13.0. The van der Waals surface area contributed by atoms with Crippen LogP contribution in [0.3, 0.4) is 0 Å². The number of benzene rings is 2. The first-order valence-corrected chi connectivity index (χ1v) is 12.1. The van der Waals surface area contributed by atoms with E-state index in [1.165, 1.54) is 7.11 Å².